The Hall–Kier alpha value is -0.570. The first-order valence-corrected chi connectivity index (χ1v) is 6.81. The molecule has 3 heteroatoms. The molecule has 1 heterocycles. The van der Waals surface area contributed by atoms with E-state index >= 15 is 0 Å². The number of nitrogens with zero attached hydrogens (tertiary/aromatic N) is 1. The first kappa shape index (κ1) is 11.9. The van der Waals surface area contributed by atoms with Gasteiger partial charge in [0.2, 0.25) is 5.91 Å². The van der Waals surface area contributed by atoms with Crippen LogP contribution in [0, 0.1) is 5.92 Å². The van der Waals surface area contributed by atoms with Crippen LogP contribution in [0.1, 0.15) is 51.4 Å². The lowest BCUT2D eigenvalue weighted by atomic mass is 9.84. The molecule has 92 valence electrons. The Balaban J connectivity index is 1.80. The fourth-order valence-corrected chi connectivity index (χ4v) is 3.02. The molecule has 1 amide bonds. The molecule has 2 aliphatic rings. The Labute approximate surface area is 98.4 Å². The minimum absolute atomic E-state index is 0.211. The lowest BCUT2D eigenvalue weighted by molar-refractivity contribution is -0.133. The molecule has 16 heavy (non-hydrogen) atoms. The number of piperidine rings is 1. The minimum Gasteiger partial charge on any atom is -0.341 e. The van der Waals surface area contributed by atoms with Crippen molar-refractivity contribution in [3.05, 3.63) is 0 Å². The van der Waals surface area contributed by atoms with Crippen molar-refractivity contribution in [3.8, 4) is 0 Å². The largest absolute Gasteiger partial charge is 0.341 e. The number of carbonyl (C=O) groups is 1. The van der Waals surface area contributed by atoms with E-state index in [-0.39, 0.29) is 6.04 Å². The Bertz CT molecular complexity index is 236. The molecule has 1 saturated carbocycles. The molecule has 0 aromatic carbocycles. The van der Waals surface area contributed by atoms with E-state index in [1.54, 1.807) is 0 Å². The standard InChI is InChI=1S/C13H24N2O/c14-12(11-6-2-1-3-7-11)10-15-9-5-4-8-13(15)16/h11-12H,1-10,14H2/t12-/m1/s1. The van der Waals surface area contributed by atoms with Crippen LogP contribution in [0.5, 0.6) is 0 Å². The third-order valence-electron chi connectivity index (χ3n) is 4.11. The van der Waals surface area contributed by atoms with Crippen LogP contribution in [-0.2, 0) is 4.79 Å². The number of hydrogen-bond acceptors (Lipinski definition) is 2. The van der Waals surface area contributed by atoms with Crippen molar-refractivity contribution in [2.45, 2.75) is 57.4 Å². The fourth-order valence-electron chi connectivity index (χ4n) is 3.02. The van der Waals surface area contributed by atoms with Crippen LogP contribution in [0.3, 0.4) is 0 Å². The molecular formula is C13H24N2O. The highest BCUT2D eigenvalue weighted by molar-refractivity contribution is 5.76. The van der Waals surface area contributed by atoms with Gasteiger partial charge in [-0.25, -0.2) is 0 Å². The molecule has 3 nitrogen and oxygen atoms in total. The van der Waals surface area contributed by atoms with E-state index in [1.807, 2.05) is 4.90 Å². The molecule has 1 saturated heterocycles. The molecular weight excluding hydrogens is 200 g/mol. The highest BCUT2D eigenvalue weighted by atomic mass is 16.2. The average Bonchev–Trinajstić information content (AvgIpc) is 2.33. The monoisotopic (exact) mass is 224 g/mol. The topological polar surface area (TPSA) is 46.3 Å². The van der Waals surface area contributed by atoms with Gasteiger partial charge >= 0.3 is 0 Å². The minimum atomic E-state index is 0.211. The molecule has 2 N–H and O–H groups in total. The number of rotatable bonds is 3. The molecule has 0 bridgehead atoms. The summed E-state index contributed by atoms with van der Waals surface area (Å²) in [5, 5.41) is 0. The zero-order valence-electron chi connectivity index (χ0n) is 10.2. The van der Waals surface area contributed by atoms with E-state index in [0.717, 1.165) is 32.4 Å². The van der Waals surface area contributed by atoms with E-state index < -0.39 is 0 Å². The van der Waals surface area contributed by atoms with E-state index in [1.165, 1.54) is 32.1 Å². The van der Waals surface area contributed by atoms with Gasteiger partial charge in [0.1, 0.15) is 0 Å². The van der Waals surface area contributed by atoms with Crippen molar-refractivity contribution < 1.29 is 4.79 Å². The molecule has 0 spiro atoms. The molecule has 1 aliphatic carbocycles. The summed E-state index contributed by atoms with van der Waals surface area (Å²) < 4.78 is 0. The second-order valence-corrected chi connectivity index (χ2v) is 5.36. The van der Waals surface area contributed by atoms with Crippen LogP contribution in [0.2, 0.25) is 0 Å². The summed E-state index contributed by atoms with van der Waals surface area (Å²) in [6, 6.07) is 0.211. The Morgan fingerprint density at radius 1 is 1.19 bits per heavy atom. The third kappa shape index (κ3) is 2.97. The first-order chi connectivity index (χ1) is 7.77. The fraction of sp³-hybridized carbons (Fsp3) is 0.923. The van der Waals surface area contributed by atoms with Gasteiger partial charge in [0.15, 0.2) is 0 Å². The predicted molar refractivity (Wildman–Crippen MR) is 65.0 cm³/mol. The van der Waals surface area contributed by atoms with Crippen molar-refractivity contribution in [2.75, 3.05) is 13.1 Å². The lowest BCUT2D eigenvalue weighted by Gasteiger charge is -2.34. The van der Waals surface area contributed by atoms with Crippen LogP contribution in [0.4, 0.5) is 0 Å². The van der Waals surface area contributed by atoms with Crippen molar-refractivity contribution in [1.29, 1.82) is 0 Å². The van der Waals surface area contributed by atoms with Gasteiger partial charge in [0.05, 0.1) is 0 Å². The summed E-state index contributed by atoms with van der Waals surface area (Å²) in [4.78, 5) is 13.7. The molecule has 0 unspecified atom stereocenters. The van der Waals surface area contributed by atoms with Gasteiger partial charge in [0.25, 0.3) is 0 Å². The van der Waals surface area contributed by atoms with E-state index in [2.05, 4.69) is 0 Å². The number of nitrogens with two attached hydrogens (primary N) is 1. The van der Waals surface area contributed by atoms with Crippen molar-refractivity contribution in [2.24, 2.45) is 11.7 Å². The predicted octanol–water partition coefficient (Wildman–Crippen LogP) is 1.91. The maximum atomic E-state index is 11.7. The summed E-state index contributed by atoms with van der Waals surface area (Å²) in [5.41, 5.74) is 6.25. The molecule has 2 fully saturated rings. The van der Waals surface area contributed by atoms with Crippen LogP contribution >= 0.6 is 0 Å². The summed E-state index contributed by atoms with van der Waals surface area (Å²) in [7, 11) is 0. The lowest BCUT2D eigenvalue weighted by Crippen LogP contribution is -2.46. The number of amides is 1. The zero-order valence-corrected chi connectivity index (χ0v) is 10.2. The molecule has 0 radical (unpaired) electrons. The van der Waals surface area contributed by atoms with Crippen molar-refractivity contribution >= 4 is 5.91 Å². The van der Waals surface area contributed by atoms with Crippen molar-refractivity contribution in [1.82, 2.24) is 4.90 Å². The van der Waals surface area contributed by atoms with Gasteiger partial charge in [-0.15, -0.1) is 0 Å². The maximum absolute atomic E-state index is 11.7. The Morgan fingerprint density at radius 3 is 2.62 bits per heavy atom. The average molecular weight is 224 g/mol. The highest BCUT2D eigenvalue weighted by Crippen LogP contribution is 2.26. The number of hydrogen-bond donors (Lipinski definition) is 1. The van der Waals surface area contributed by atoms with Gasteiger partial charge in [-0.2, -0.15) is 0 Å². The number of likely N-dealkylation sites (tertiary alicyclic amines) is 1. The SMILES string of the molecule is N[C@H](CN1CCCCC1=O)C1CCCCC1. The second kappa shape index (κ2) is 5.67. The quantitative estimate of drug-likeness (QED) is 0.796. The first-order valence-electron chi connectivity index (χ1n) is 6.81. The van der Waals surface area contributed by atoms with Gasteiger partial charge in [-0.1, -0.05) is 19.3 Å². The van der Waals surface area contributed by atoms with E-state index in [4.69, 9.17) is 5.73 Å². The molecule has 0 aromatic heterocycles. The summed E-state index contributed by atoms with van der Waals surface area (Å²) >= 11 is 0. The van der Waals surface area contributed by atoms with Crippen LogP contribution in [0.15, 0.2) is 0 Å². The Morgan fingerprint density at radius 2 is 1.94 bits per heavy atom. The van der Waals surface area contributed by atoms with E-state index in [9.17, 15) is 4.79 Å². The zero-order chi connectivity index (χ0) is 11.4. The van der Waals surface area contributed by atoms with Crippen LogP contribution in [0.25, 0.3) is 0 Å². The molecule has 1 aliphatic heterocycles. The molecule has 2 rings (SSSR count). The van der Waals surface area contributed by atoms with Crippen LogP contribution < -0.4 is 5.73 Å². The van der Waals surface area contributed by atoms with E-state index in [0.29, 0.717) is 11.8 Å². The summed E-state index contributed by atoms with van der Waals surface area (Å²) in [5.74, 6) is 0.973. The summed E-state index contributed by atoms with van der Waals surface area (Å²) in [6.45, 7) is 1.72. The van der Waals surface area contributed by atoms with Gasteiger partial charge in [0, 0.05) is 25.6 Å². The summed E-state index contributed by atoms with van der Waals surface area (Å²) in [6.07, 6.45) is 9.51. The Kier molecular flexibility index (Phi) is 4.22. The molecule has 0 aromatic rings. The normalized spacial score (nSPS) is 25.8. The third-order valence-corrected chi connectivity index (χ3v) is 4.11. The van der Waals surface area contributed by atoms with Crippen molar-refractivity contribution in [3.63, 3.8) is 0 Å². The highest BCUT2D eigenvalue weighted by Gasteiger charge is 2.25. The molecule has 1 atom stereocenters. The second-order valence-electron chi connectivity index (χ2n) is 5.36. The van der Waals surface area contributed by atoms with Gasteiger partial charge < -0.3 is 10.6 Å². The smallest absolute Gasteiger partial charge is 0.222 e. The van der Waals surface area contributed by atoms with Gasteiger partial charge in [-0.05, 0) is 31.6 Å². The van der Waals surface area contributed by atoms with Gasteiger partial charge in [-0.3, -0.25) is 4.79 Å². The number of carbonyl (C=O) groups excluding carboxylic acids is 1. The maximum Gasteiger partial charge on any atom is 0.222 e. The van der Waals surface area contributed by atoms with Crippen LogP contribution in [-0.4, -0.2) is 29.9 Å².